The number of aromatic nitrogens is 2. The SMILES string of the molecule is Cn1nc(-c2ccc3c(c2)C=CS3(=O)=O)cc1N. The molecule has 2 N–H and O–H groups in total. The molecule has 0 spiro atoms. The van der Waals surface area contributed by atoms with Gasteiger partial charge in [-0.3, -0.25) is 4.68 Å². The number of sulfone groups is 1. The van der Waals surface area contributed by atoms with Crippen LogP contribution in [0, 0.1) is 0 Å². The second-order valence-corrected chi connectivity index (χ2v) is 5.98. The molecule has 92 valence electrons. The number of hydrogen-bond donors (Lipinski definition) is 1. The molecule has 0 fully saturated rings. The summed E-state index contributed by atoms with van der Waals surface area (Å²) in [6.07, 6.45) is 1.60. The van der Waals surface area contributed by atoms with E-state index < -0.39 is 9.84 Å². The zero-order chi connectivity index (χ0) is 12.9. The molecular weight excluding hydrogens is 250 g/mol. The van der Waals surface area contributed by atoms with Crippen molar-refractivity contribution in [3.63, 3.8) is 0 Å². The molecule has 6 heteroatoms. The maximum Gasteiger partial charge on any atom is 0.200 e. The molecule has 18 heavy (non-hydrogen) atoms. The third-order valence-electron chi connectivity index (χ3n) is 2.95. The molecule has 0 bridgehead atoms. The van der Waals surface area contributed by atoms with Crippen LogP contribution in [0.3, 0.4) is 0 Å². The number of nitrogens with two attached hydrogens (primary N) is 1. The van der Waals surface area contributed by atoms with E-state index in [-0.39, 0.29) is 0 Å². The van der Waals surface area contributed by atoms with Crippen molar-refractivity contribution in [2.24, 2.45) is 7.05 Å². The summed E-state index contributed by atoms with van der Waals surface area (Å²) in [5, 5.41) is 5.48. The van der Waals surface area contributed by atoms with Gasteiger partial charge in [-0.05, 0) is 23.8 Å². The molecule has 1 aromatic carbocycles. The van der Waals surface area contributed by atoms with Crippen molar-refractivity contribution in [3.05, 3.63) is 35.2 Å². The van der Waals surface area contributed by atoms with E-state index >= 15 is 0 Å². The lowest BCUT2D eigenvalue weighted by Gasteiger charge is -2.01. The fourth-order valence-electron chi connectivity index (χ4n) is 1.96. The van der Waals surface area contributed by atoms with E-state index in [0.29, 0.717) is 16.3 Å². The maximum atomic E-state index is 11.6. The number of benzene rings is 1. The largest absolute Gasteiger partial charge is 0.384 e. The zero-order valence-electron chi connectivity index (χ0n) is 9.66. The van der Waals surface area contributed by atoms with Crippen molar-refractivity contribution in [2.75, 3.05) is 5.73 Å². The fourth-order valence-corrected chi connectivity index (χ4v) is 3.14. The van der Waals surface area contributed by atoms with E-state index in [4.69, 9.17) is 5.73 Å². The zero-order valence-corrected chi connectivity index (χ0v) is 10.5. The highest BCUT2D eigenvalue weighted by atomic mass is 32.2. The Hall–Kier alpha value is -2.08. The predicted octanol–water partition coefficient (Wildman–Crippen LogP) is 1.43. The molecule has 0 saturated heterocycles. The maximum absolute atomic E-state index is 11.6. The third kappa shape index (κ3) is 1.53. The molecule has 0 unspecified atom stereocenters. The van der Waals surface area contributed by atoms with Gasteiger partial charge in [-0.1, -0.05) is 6.07 Å². The lowest BCUT2D eigenvalue weighted by atomic mass is 10.1. The van der Waals surface area contributed by atoms with Crippen LogP contribution in [0.1, 0.15) is 5.56 Å². The molecule has 0 saturated carbocycles. The average molecular weight is 261 g/mol. The quantitative estimate of drug-likeness (QED) is 0.842. The van der Waals surface area contributed by atoms with Crippen LogP contribution in [-0.4, -0.2) is 18.2 Å². The first-order chi connectivity index (χ1) is 8.47. The second-order valence-electron chi connectivity index (χ2n) is 4.18. The Bertz CT molecular complexity index is 753. The van der Waals surface area contributed by atoms with Gasteiger partial charge in [0.05, 0.1) is 10.6 Å². The highest BCUT2D eigenvalue weighted by Crippen LogP contribution is 2.31. The first-order valence-electron chi connectivity index (χ1n) is 5.34. The van der Waals surface area contributed by atoms with Crippen LogP contribution in [0.25, 0.3) is 17.3 Å². The van der Waals surface area contributed by atoms with Gasteiger partial charge in [-0.2, -0.15) is 5.10 Å². The third-order valence-corrected chi connectivity index (χ3v) is 4.43. The molecule has 2 heterocycles. The number of anilines is 1. The van der Waals surface area contributed by atoms with Crippen LogP contribution in [0.4, 0.5) is 5.82 Å². The Morgan fingerprint density at radius 1 is 1.28 bits per heavy atom. The summed E-state index contributed by atoms with van der Waals surface area (Å²) in [6.45, 7) is 0. The lowest BCUT2D eigenvalue weighted by molar-refractivity contribution is 0.605. The van der Waals surface area contributed by atoms with Crippen LogP contribution in [-0.2, 0) is 16.9 Å². The standard InChI is InChI=1S/C12H11N3O2S/c1-15-12(13)7-10(14-15)8-2-3-11-9(6-8)4-5-18(11,16)17/h2-7H,13H2,1H3. The highest BCUT2D eigenvalue weighted by Gasteiger charge is 2.21. The van der Waals surface area contributed by atoms with Crippen molar-refractivity contribution in [3.8, 4) is 11.3 Å². The highest BCUT2D eigenvalue weighted by molar-refractivity contribution is 7.94. The molecule has 0 atom stereocenters. The van der Waals surface area contributed by atoms with E-state index in [1.54, 1.807) is 42.1 Å². The second kappa shape index (κ2) is 3.46. The van der Waals surface area contributed by atoms with Crippen molar-refractivity contribution >= 4 is 21.7 Å². The molecule has 0 radical (unpaired) electrons. The van der Waals surface area contributed by atoms with Gasteiger partial charge in [0, 0.05) is 24.1 Å². The van der Waals surface area contributed by atoms with Crippen LogP contribution in [0.15, 0.2) is 34.6 Å². The number of fused-ring (bicyclic) bond motifs is 1. The molecule has 1 aromatic heterocycles. The minimum absolute atomic E-state index is 0.343. The van der Waals surface area contributed by atoms with Crippen molar-refractivity contribution in [1.82, 2.24) is 9.78 Å². The monoisotopic (exact) mass is 261 g/mol. The summed E-state index contributed by atoms with van der Waals surface area (Å²) in [5.74, 6) is 0.564. The summed E-state index contributed by atoms with van der Waals surface area (Å²) < 4.78 is 24.8. The number of hydrogen-bond acceptors (Lipinski definition) is 4. The molecule has 1 aliphatic heterocycles. The minimum atomic E-state index is -3.24. The first kappa shape index (κ1) is 11.0. The van der Waals surface area contributed by atoms with Crippen LogP contribution >= 0.6 is 0 Å². The number of nitrogens with zero attached hydrogens (tertiary/aromatic N) is 2. The van der Waals surface area contributed by atoms with Crippen LogP contribution in [0.2, 0.25) is 0 Å². The van der Waals surface area contributed by atoms with Crippen LogP contribution in [0.5, 0.6) is 0 Å². The van der Waals surface area contributed by atoms with Gasteiger partial charge >= 0.3 is 0 Å². The van der Waals surface area contributed by atoms with E-state index in [9.17, 15) is 8.42 Å². The Kier molecular flexibility index (Phi) is 2.12. The van der Waals surface area contributed by atoms with Gasteiger partial charge in [0.2, 0.25) is 0 Å². The Morgan fingerprint density at radius 2 is 2.06 bits per heavy atom. The van der Waals surface area contributed by atoms with E-state index in [1.807, 2.05) is 0 Å². The summed E-state index contributed by atoms with van der Waals surface area (Å²) in [5.41, 5.74) is 8.00. The molecule has 5 nitrogen and oxygen atoms in total. The van der Waals surface area contributed by atoms with Gasteiger partial charge in [0.25, 0.3) is 0 Å². The molecule has 0 amide bonds. The van der Waals surface area contributed by atoms with Crippen molar-refractivity contribution in [1.29, 1.82) is 0 Å². The average Bonchev–Trinajstić information content (AvgIpc) is 2.81. The van der Waals surface area contributed by atoms with Gasteiger partial charge in [-0.15, -0.1) is 0 Å². The lowest BCUT2D eigenvalue weighted by Crippen LogP contribution is -1.96. The summed E-state index contributed by atoms with van der Waals surface area (Å²) in [7, 11) is -1.48. The Balaban J connectivity index is 2.15. The normalized spacial score (nSPS) is 15.8. The van der Waals surface area contributed by atoms with Gasteiger partial charge < -0.3 is 5.73 Å². The van der Waals surface area contributed by atoms with Gasteiger partial charge in [-0.25, -0.2) is 8.42 Å². The number of aryl methyl sites for hydroxylation is 1. The molecule has 1 aliphatic rings. The van der Waals surface area contributed by atoms with Crippen molar-refractivity contribution < 1.29 is 8.42 Å². The first-order valence-corrected chi connectivity index (χ1v) is 6.89. The van der Waals surface area contributed by atoms with E-state index in [1.165, 1.54) is 5.41 Å². The van der Waals surface area contributed by atoms with Gasteiger partial charge in [0.1, 0.15) is 5.82 Å². The fraction of sp³-hybridized carbons (Fsp3) is 0.0833. The minimum Gasteiger partial charge on any atom is -0.384 e. The van der Waals surface area contributed by atoms with Crippen molar-refractivity contribution in [2.45, 2.75) is 4.90 Å². The molecular formula is C12H11N3O2S. The Morgan fingerprint density at radius 3 is 2.72 bits per heavy atom. The van der Waals surface area contributed by atoms with E-state index in [0.717, 1.165) is 11.3 Å². The topological polar surface area (TPSA) is 78.0 Å². The summed E-state index contributed by atoms with van der Waals surface area (Å²) in [4.78, 5) is 0.343. The van der Waals surface area contributed by atoms with Crippen LogP contribution < -0.4 is 5.73 Å². The van der Waals surface area contributed by atoms with E-state index in [2.05, 4.69) is 5.10 Å². The number of nitrogen functional groups attached to an aromatic ring is 1. The molecule has 2 aromatic rings. The summed E-state index contributed by atoms with van der Waals surface area (Å²) >= 11 is 0. The molecule has 3 rings (SSSR count). The van der Waals surface area contributed by atoms with Gasteiger partial charge in [0.15, 0.2) is 9.84 Å². The predicted molar refractivity (Wildman–Crippen MR) is 69.3 cm³/mol. The number of rotatable bonds is 1. The smallest absolute Gasteiger partial charge is 0.200 e. The molecule has 0 aliphatic carbocycles. The summed E-state index contributed by atoms with van der Waals surface area (Å²) in [6, 6.07) is 6.91. The Labute approximate surface area is 104 Å².